The van der Waals surface area contributed by atoms with Gasteiger partial charge in [0, 0.05) is 12.5 Å². The Labute approximate surface area is 132 Å². The lowest BCUT2D eigenvalue weighted by atomic mass is 10.1. The maximum atomic E-state index is 12.0. The third kappa shape index (κ3) is 4.67. The number of amides is 1. The molecule has 0 aliphatic rings. The first-order valence-corrected chi connectivity index (χ1v) is 6.83. The molecule has 0 aliphatic heterocycles. The number of carboxylic acids is 1. The van der Waals surface area contributed by atoms with Crippen LogP contribution < -0.4 is 15.2 Å². The molecule has 6 nitrogen and oxygen atoms in total. The summed E-state index contributed by atoms with van der Waals surface area (Å²) in [6, 6.07) is 12.9. The van der Waals surface area contributed by atoms with Crippen LogP contribution in [-0.4, -0.2) is 17.8 Å². The van der Waals surface area contributed by atoms with Crippen molar-refractivity contribution in [2.45, 2.75) is 13.3 Å². The summed E-state index contributed by atoms with van der Waals surface area (Å²) in [6.45, 7) is 1.20. The van der Waals surface area contributed by atoms with Crippen molar-refractivity contribution in [1.82, 2.24) is 0 Å². The Morgan fingerprint density at radius 2 is 1.78 bits per heavy atom. The average molecular weight is 312 g/mol. The summed E-state index contributed by atoms with van der Waals surface area (Å²) in [5, 5.41) is 13.7. The minimum absolute atomic E-state index is 0.0674. The predicted molar refractivity (Wildman–Crippen MR) is 80.9 cm³/mol. The Balaban J connectivity index is 2.16. The number of hydrogen-bond donors (Lipinski definition) is 1. The first-order chi connectivity index (χ1) is 11.0. The van der Waals surface area contributed by atoms with E-state index in [1.54, 1.807) is 12.1 Å². The molecule has 1 amide bonds. The molecule has 0 heterocycles. The van der Waals surface area contributed by atoms with Gasteiger partial charge in [-0.1, -0.05) is 30.3 Å². The molecule has 2 aromatic carbocycles. The summed E-state index contributed by atoms with van der Waals surface area (Å²) in [4.78, 5) is 34.1. The minimum Gasteiger partial charge on any atom is -0.545 e. The van der Waals surface area contributed by atoms with Gasteiger partial charge in [-0.25, -0.2) is 0 Å². The lowest BCUT2D eigenvalue weighted by Gasteiger charge is -2.13. The highest BCUT2D eigenvalue weighted by atomic mass is 16.5. The Morgan fingerprint density at radius 3 is 2.39 bits per heavy atom. The largest absolute Gasteiger partial charge is 0.545 e. The second-order valence-electron chi connectivity index (χ2n) is 4.80. The van der Waals surface area contributed by atoms with Gasteiger partial charge in [-0.05, 0) is 23.8 Å². The van der Waals surface area contributed by atoms with Gasteiger partial charge in [0.25, 0.3) is 0 Å². The van der Waals surface area contributed by atoms with Crippen LogP contribution in [0.25, 0.3) is 0 Å². The summed E-state index contributed by atoms with van der Waals surface area (Å²) in [6.07, 6.45) is 0.110. The molecule has 2 aromatic rings. The van der Waals surface area contributed by atoms with Crippen LogP contribution in [0.5, 0.6) is 5.75 Å². The summed E-state index contributed by atoms with van der Waals surface area (Å²) in [5.41, 5.74) is 0.628. The number of carbonyl (C=O) groups excluding carboxylic acids is 3. The normalized spacial score (nSPS) is 9.96. The smallest absolute Gasteiger partial charge is 0.308 e. The van der Waals surface area contributed by atoms with Crippen molar-refractivity contribution in [3.63, 3.8) is 0 Å². The zero-order chi connectivity index (χ0) is 16.8. The van der Waals surface area contributed by atoms with Gasteiger partial charge in [0.1, 0.15) is 5.75 Å². The quantitative estimate of drug-likeness (QED) is 0.660. The van der Waals surface area contributed by atoms with Gasteiger partial charge in [0.2, 0.25) is 5.91 Å². The van der Waals surface area contributed by atoms with Crippen molar-refractivity contribution in [2.75, 3.05) is 5.32 Å². The van der Waals surface area contributed by atoms with Crippen LogP contribution in [0.15, 0.2) is 48.5 Å². The third-order valence-electron chi connectivity index (χ3n) is 2.95. The number of carboxylic acid groups (broad SMARTS) is 1. The summed E-state index contributed by atoms with van der Waals surface area (Å²) in [7, 11) is 0. The van der Waals surface area contributed by atoms with Gasteiger partial charge in [-0.15, -0.1) is 0 Å². The third-order valence-corrected chi connectivity index (χ3v) is 2.95. The molecular weight excluding hydrogens is 298 g/mol. The fourth-order valence-electron chi connectivity index (χ4n) is 2.01. The zero-order valence-corrected chi connectivity index (χ0v) is 12.4. The Kier molecular flexibility index (Phi) is 5.09. The molecule has 0 fully saturated rings. The Hall–Kier alpha value is -3.15. The van der Waals surface area contributed by atoms with E-state index in [0.717, 1.165) is 11.6 Å². The predicted octanol–water partition coefficient (Wildman–Crippen LogP) is 1.16. The van der Waals surface area contributed by atoms with Crippen LogP contribution >= 0.6 is 0 Å². The average Bonchev–Trinajstić information content (AvgIpc) is 2.49. The number of carbonyl (C=O) groups is 3. The van der Waals surface area contributed by atoms with E-state index in [2.05, 4.69) is 5.32 Å². The molecule has 6 heteroatoms. The van der Waals surface area contributed by atoms with Gasteiger partial charge in [0.15, 0.2) is 0 Å². The van der Waals surface area contributed by atoms with E-state index in [0.29, 0.717) is 0 Å². The molecule has 0 unspecified atom stereocenters. The molecule has 118 valence electrons. The first kappa shape index (κ1) is 16.2. The van der Waals surface area contributed by atoms with Crippen molar-refractivity contribution in [3.8, 4) is 5.75 Å². The van der Waals surface area contributed by atoms with E-state index < -0.39 is 11.9 Å². The molecule has 2 rings (SSSR count). The van der Waals surface area contributed by atoms with Crippen molar-refractivity contribution in [3.05, 3.63) is 59.7 Å². The van der Waals surface area contributed by atoms with E-state index in [4.69, 9.17) is 4.74 Å². The van der Waals surface area contributed by atoms with E-state index in [-0.39, 0.29) is 29.3 Å². The van der Waals surface area contributed by atoms with Gasteiger partial charge in [-0.2, -0.15) is 0 Å². The van der Waals surface area contributed by atoms with Crippen molar-refractivity contribution >= 4 is 23.5 Å². The highest BCUT2D eigenvalue weighted by Crippen LogP contribution is 2.22. The second-order valence-corrected chi connectivity index (χ2v) is 4.80. The summed E-state index contributed by atoms with van der Waals surface area (Å²) < 4.78 is 4.82. The number of rotatable bonds is 5. The van der Waals surface area contributed by atoms with Crippen LogP contribution in [0.3, 0.4) is 0 Å². The molecular formula is C17H14NO5-. The van der Waals surface area contributed by atoms with Crippen LogP contribution in [0.4, 0.5) is 5.69 Å². The van der Waals surface area contributed by atoms with Gasteiger partial charge < -0.3 is 20.0 Å². The number of ether oxygens (including phenoxy) is 1. The van der Waals surface area contributed by atoms with Crippen LogP contribution in [-0.2, 0) is 16.0 Å². The van der Waals surface area contributed by atoms with E-state index in [9.17, 15) is 19.5 Å². The first-order valence-electron chi connectivity index (χ1n) is 6.83. The van der Waals surface area contributed by atoms with Crippen molar-refractivity contribution in [2.24, 2.45) is 0 Å². The van der Waals surface area contributed by atoms with Crippen molar-refractivity contribution in [1.29, 1.82) is 0 Å². The zero-order valence-electron chi connectivity index (χ0n) is 12.4. The molecule has 0 atom stereocenters. The monoisotopic (exact) mass is 312 g/mol. The molecule has 0 saturated carbocycles. The van der Waals surface area contributed by atoms with E-state index in [1.807, 2.05) is 18.2 Å². The molecule has 23 heavy (non-hydrogen) atoms. The maximum absolute atomic E-state index is 12.0. The van der Waals surface area contributed by atoms with Crippen molar-refractivity contribution < 1.29 is 24.2 Å². The lowest BCUT2D eigenvalue weighted by Crippen LogP contribution is -2.25. The number of nitrogens with one attached hydrogen (secondary N) is 1. The molecule has 0 bridgehead atoms. The highest BCUT2D eigenvalue weighted by molar-refractivity contribution is 6.00. The topological polar surface area (TPSA) is 95.5 Å². The number of aromatic carboxylic acids is 1. The van der Waals surface area contributed by atoms with Crippen LogP contribution in [0, 0.1) is 0 Å². The Morgan fingerprint density at radius 1 is 1.09 bits per heavy atom. The molecule has 0 radical (unpaired) electrons. The molecule has 0 aliphatic carbocycles. The number of anilines is 1. The van der Waals surface area contributed by atoms with Gasteiger partial charge >= 0.3 is 5.97 Å². The molecule has 0 spiro atoms. The van der Waals surface area contributed by atoms with Crippen LogP contribution in [0.2, 0.25) is 0 Å². The molecule has 1 N–H and O–H groups in total. The highest BCUT2D eigenvalue weighted by Gasteiger charge is 2.11. The standard InChI is InChI=1S/C17H15NO5/c1-11(19)23-13-7-8-15(14(10-13)17(21)22)18-16(20)9-12-5-3-2-4-6-12/h2-8,10H,9H2,1H3,(H,18,20)(H,21,22)/p-1. The number of hydrogen-bond acceptors (Lipinski definition) is 5. The van der Waals surface area contributed by atoms with E-state index in [1.165, 1.54) is 19.1 Å². The lowest BCUT2D eigenvalue weighted by molar-refractivity contribution is -0.254. The fourth-order valence-corrected chi connectivity index (χ4v) is 2.01. The Bertz CT molecular complexity index is 740. The van der Waals surface area contributed by atoms with Gasteiger partial charge in [0.05, 0.1) is 18.1 Å². The SMILES string of the molecule is CC(=O)Oc1ccc(NC(=O)Cc2ccccc2)c(C(=O)[O-])c1. The van der Waals surface area contributed by atoms with Gasteiger partial charge in [-0.3, -0.25) is 9.59 Å². The molecule has 0 saturated heterocycles. The number of benzene rings is 2. The number of esters is 1. The van der Waals surface area contributed by atoms with E-state index >= 15 is 0 Å². The second kappa shape index (κ2) is 7.22. The minimum atomic E-state index is -1.48. The maximum Gasteiger partial charge on any atom is 0.308 e. The fraction of sp³-hybridized carbons (Fsp3) is 0.118. The molecule has 0 aromatic heterocycles. The van der Waals surface area contributed by atoms with Crippen LogP contribution in [0.1, 0.15) is 22.8 Å². The summed E-state index contributed by atoms with van der Waals surface area (Å²) >= 11 is 0. The summed E-state index contributed by atoms with van der Waals surface area (Å²) in [5.74, 6) is -2.35.